The van der Waals surface area contributed by atoms with E-state index in [1.165, 1.54) is 12.5 Å². The second-order valence-electron chi connectivity index (χ2n) is 2.20. The third-order valence-electron chi connectivity index (χ3n) is 0.602. The molecule has 0 aromatic rings. The van der Waals surface area contributed by atoms with E-state index in [1.807, 2.05) is 4.72 Å². The number of nitrogens with one attached hydrogen (secondary N) is 1. The number of rotatable bonds is 3. The third kappa shape index (κ3) is 6.22. The van der Waals surface area contributed by atoms with E-state index < -0.39 is 26.9 Å². The van der Waals surface area contributed by atoms with Gasteiger partial charge in [0.05, 0.1) is 0 Å². The van der Waals surface area contributed by atoms with E-state index in [-0.39, 0.29) is 0 Å². The van der Waals surface area contributed by atoms with Gasteiger partial charge in [-0.3, -0.25) is 9.27 Å². The minimum Gasteiger partial charge on any atom is -0.351 e. The van der Waals surface area contributed by atoms with E-state index in [0.29, 0.717) is 0 Å². The SMILES string of the molecule is CS(C)(NC(N)=O)OS(=O)(=O)O. The van der Waals surface area contributed by atoms with E-state index in [0.717, 1.165) is 0 Å². The van der Waals surface area contributed by atoms with Crippen molar-refractivity contribution in [1.82, 2.24) is 4.72 Å². The quantitative estimate of drug-likeness (QED) is 0.545. The second kappa shape index (κ2) is 3.47. The van der Waals surface area contributed by atoms with Gasteiger partial charge in [-0.25, -0.2) is 4.79 Å². The Balaban J connectivity index is 4.33. The maximum atomic E-state index is 10.3. The summed E-state index contributed by atoms with van der Waals surface area (Å²) in [7, 11) is -6.96. The summed E-state index contributed by atoms with van der Waals surface area (Å²) in [5.74, 6) is 0. The molecule has 0 saturated heterocycles. The minimum atomic E-state index is -4.56. The highest BCUT2D eigenvalue weighted by Crippen LogP contribution is 2.37. The number of amides is 2. The molecule has 0 aromatic carbocycles. The van der Waals surface area contributed by atoms with Crippen LogP contribution in [0.3, 0.4) is 0 Å². The molecule has 74 valence electrons. The molecular formula is C3H10N2O5S2. The number of carbonyl (C=O) groups is 1. The predicted octanol–water partition coefficient (Wildman–Crippen LogP) is -0.632. The van der Waals surface area contributed by atoms with Crippen LogP contribution in [0.25, 0.3) is 0 Å². The molecule has 0 fully saturated rings. The van der Waals surface area contributed by atoms with Gasteiger partial charge in [-0.2, -0.15) is 12.0 Å². The lowest BCUT2D eigenvalue weighted by molar-refractivity contribution is 0.253. The van der Waals surface area contributed by atoms with Crippen LogP contribution < -0.4 is 10.5 Å². The molecule has 0 spiro atoms. The minimum absolute atomic E-state index is 0.918. The lowest BCUT2D eigenvalue weighted by atomic mass is 11.2. The molecule has 0 aliphatic carbocycles. The van der Waals surface area contributed by atoms with Gasteiger partial charge in [0.2, 0.25) is 0 Å². The van der Waals surface area contributed by atoms with Crippen LogP contribution in [0.5, 0.6) is 0 Å². The van der Waals surface area contributed by atoms with Crippen molar-refractivity contribution in [1.29, 1.82) is 0 Å². The molecule has 0 aliphatic heterocycles. The molecule has 2 amide bonds. The third-order valence-corrected chi connectivity index (χ3v) is 3.34. The highest BCUT2D eigenvalue weighted by atomic mass is 32.3. The van der Waals surface area contributed by atoms with E-state index in [1.54, 1.807) is 0 Å². The predicted molar refractivity (Wildman–Crippen MR) is 44.8 cm³/mol. The van der Waals surface area contributed by atoms with Crippen LogP contribution in [0.4, 0.5) is 4.79 Å². The van der Waals surface area contributed by atoms with Crippen molar-refractivity contribution < 1.29 is 21.4 Å². The van der Waals surface area contributed by atoms with Gasteiger partial charge in [-0.1, -0.05) is 0 Å². The van der Waals surface area contributed by atoms with E-state index in [9.17, 15) is 13.2 Å². The van der Waals surface area contributed by atoms with Gasteiger partial charge in [0, 0.05) is 12.5 Å². The first-order chi connectivity index (χ1) is 5.12. The van der Waals surface area contributed by atoms with Crippen LogP contribution in [0.1, 0.15) is 0 Å². The number of urea groups is 1. The first-order valence-corrected chi connectivity index (χ1v) is 6.35. The molecule has 0 atom stereocenters. The molecule has 0 radical (unpaired) electrons. The zero-order valence-electron chi connectivity index (χ0n) is 6.47. The normalized spacial score (nSPS) is 13.9. The van der Waals surface area contributed by atoms with Crippen LogP contribution in [0, 0.1) is 0 Å². The Bertz CT molecular complexity index is 270. The zero-order chi connectivity index (χ0) is 9.99. The fourth-order valence-corrected chi connectivity index (χ4v) is 2.81. The molecule has 7 nitrogen and oxygen atoms in total. The smallest absolute Gasteiger partial charge is 0.351 e. The monoisotopic (exact) mass is 218 g/mol. The summed E-state index contributed by atoms with van der Waals surface area (Å²) in [5.41, 5.74) is 4.71. The van der Waals surface area contributed by atoms with Crippen LogP contribution >= 0.6 is 10.5 Å². The first kappa shape index (κ1) is 11.5. The maximum absolute atomic E-state index is 10.3. The molecule has 4 N–H and O–H groups in total. The summed E-state index contributed by atoms with van der Waals surface area (Å²) >= 11 is 0. The van der Waals surface area contributed by atoms with Crippen molar-refractivity contribution in [3.8, 4) is 0 Å². The van der Waals surface area contributed by atoms with Crippen molar-refractivity contribution >= 4 is 26.9 Å². The summed E-state index contributed by atoms with van der Waals surface area (Å²) in [6.45, 7) is 0. The summed E-state index contributed by atoms with van der Waals surface area (Å²) in [6.07, 6.45) is 2.59. The van der Waals surface area contributed by atoms with Crippen LogP contribution in [0.15, 0.2) is 0 Å². The molecular weight excluding hydrogens is 208 g/mol. The van der Waals surface area contributed by atoms with Gasteiger partial charge in [0.15, 0.2) is 0 Å². The molecule has 0 unspecified atom stereocenters. The molecule has 0 rings (SSSR count). The van der Waals surface area contributed by atoms with Crippen molar-refractivity contribution in [2.24, 2.45) is 5.73 Å². The average Bonchev–Trinajstić information content (AvgIpc) is 1.48. The van der Waals surface area contributed by atoms with Crippen LogP contribution in [0.2, 0.25) is 0 Å². The van der Waals surface area contributed by atoms with Gasteiger partial charge < -0.3 is 5.73 Å². The molecule has 0 bridgehead atoms. The Labute approximate surface area is 71.9 Å². The topological polar surface area (TPSA) is 119 Å². The molecule has 9 heteroatoms. The Hall–Kier alpha value is -0.510. The number of primary amides is 1. The van der Waals surface area contributed by atoms with E-state index >= 15 is 0 Å². The number of hydrogen-bond donors (Lipinski definition) is 3. The molecule has 12 heavy (non-hydrogen) atoms. The fourth-order valence-electron chi connectivity index (χ4n) is 0.474. The number of hydrogen-bond acceptors (Lipinski definition) is 4. The van der Waals surface area contributed by atoms with Gasteiger partial charge in [0.25, 0.3) is 0 Å². The van der Waals surface area contributed by atoms with Gasteiger partial charge in [0.1, 0.15) is 0 Å². The largest absolute Gasteiger partial charge is 0.408 e. The Kier molecular flexibility index (Phi) is 3.33. The fraction of sp³-hybridized carbons (Fsp3) is 0.667. The molecule has 0 heterocycles. The molecule has 0 saturated carbocycles. The average molecular weight is 218 g/mol. The van der Waals surface area contributed by atoms with Gasteiger partial charge in [-0.15, -0.1) is 0 Å². The summed E-state index contributed by atoms with van der Waals surface area (Å²) in [5, 5.41) is 0. The summed E-state index contributed by atoms with van der Waals surface area (Å²) < 4.78 is 34.8. The standard InChI is InChI=1S/C3H10N2O5S2/c1-11(2,5-3(4)6)10-12(7,8)9/h1-2H3,(H3,4,5,6)(H,7,8,9). The maximum Gasteiger partial charge on any atom is 0.408 e. The van der Waals surface area contributed by atoms with Gasteiger partial charge >= 0.3 is 16.4 Å². The van der Waals surface area contributed by atoms with Crippen LogP contribution in [-0.2, 0) is 14.0 Å². The first-order valence-electron chi connectivity index (χ1n) is 2.61. The lowest BCUT2D eigenvalue weighted by Crippen LogP contribution is -2.33. The lowest BCUT2D eigenvalue weighted by Gasteiger charge is -2.27. The summed E-state index contributed by atoms with van der Waals surface area (Å²) in [4.78, 5) is 10.3. The summed E-state index contributed by atoms with van der Waals surface area (Å²) in [6, 6.07) is -0.918. The number of carbonyl (C=O) groups excluding carboxylic acids is 1. The molecule has 0 aliphatic rings. The highest BCUT2D eigenvalue weighted by Gasteiger charge is 2.21. The van der Waals surface area contributed by atoms with Crippen molar-refractivity contribution in [3.05, 3.63) is 0 Å². The van der Waals surface area contributed by atoms with Crippen molar-refractivity contribution in [2.45, 2.75) is 0 Å². The number of nitrogens with two attached hydrogens (primary N) is 1. The van der Waals surface area contributed by atoms with E-state index in [2.05, 4.69) is 3.63 Å². The Morgan fingerprint density at radius 2 is 1.92 bits per heavy atom. The Morgan fingerprint density at radius 1 is 1.50 bits per heavy atom. The van der Waals surface area contributed by atoms with Crippen LogP contribution in [-0.4, -0.2) is 31.5 Å². The second-order valence-corrected chi connectivity index (χ2v) is 6.27. The van der Waals surface area contributed by atoms with Gasteiger partial charge in [-0.05, 0) is 10.5 Å². The molecule has 0 aromatic heterocycles. The van der Waals surface area contributed by atoms with Crippen molar-refractivity contribution in [2.75, 3.05) is 12.5 Å². The highest BCUT2D eigenvalue weighted by molar-refractivity contribution is 8.30. The van der Waals surface area contributed by atoms with E-state index in [4.69, 9.17) is 10.3 Å². The Morgan fingerprint density at radius 3 is 2.17 bits per heavy atom. The van der Waals surface area contributed by atoms with Crippen molar-refractivity contribution in [3.63, 3.8) is 0 Å². The zero-order valence-corrected chi connectivity index (χ0v) is 8.11.